The summed E-state index contributed by atoms with van der Waals surface area (Å²) < 4.78 is 0. The summed E-state index contributed by atoms with van der Waals surface area (Å²) >= 11 is 0. The highest BCUT2D eigenvalue weighted by Crippen LogP contribution is 2.17. The number of benzene rings is 4. The van der Waals surface area contributed by atoms with Crippen LogP contribution in [0.15, 0.2) is 128 Å². The molecule has 45 heavy (non-hydrogen) atoms. The lowest BCUT2D eigenvalue weighted by molar-refractivity contribution is 1.62. The molecular formula is C42H48Si3. The molecule has 0 saturated heterocycles. The van der Waals surface area contributed by atoms with E-state index in [2.05, 4.69) is 185 Å². The van der Waals surface area contributed by atoms with Gasteiger partial charge in [-0.3, -0.25) is 0 Å². The van der Waals surface area contributed by atoms with E-state index < -0.39 is 24.2 Å². The van der Waals surface area contributed by atoms with E-state index in [4.69, 9.17) is 0 Å². The normalized spacial score (nSPS) is 12.7. The third-order valence-electron chi connectivity index (χ3n) is 8.76. The van der Waals surface area contributed by atoms with Crippen molar-refractivity contribution < 1.29 is 0 Å². The van der Waals surface area contributed by atoms with E-state index in [9.17, 15) is 0 Å². The monoisotopic (exact) mass is 636 g/mol. The Morgan fingerprint density at radius 2 is 0.556 bits per heavy atom. The SMILES string of the molecule is C=Cc1ccc(/C=C/[Si](C)(C)c2cc([Si](C)(C)/C=C/c3ccc(C=C)cc3)cc([Si](C)(C)/C=C/c3ccc(C=C)cc3)c2)cc1. The Kier molecular flexibility index (Phi) is 10.8. The number of rotatable bonds is 12. The smallest absolute Gasteiger partial charge is 0.0985 e. The maximum absolute atomic E-state index is 3.89. The van der Waals surface area contributed by atoms with Gasteiger partial charge in [0.05, 0.1) is 0 Å². The van der Waals surface area contributed by atoms with Gasteiger partial charge >= 0.3 is 0 Å². The quantitative estimate of drug-likeness (QED) is 0.136. The molecule has 0 amide bonds. The summed E-state index contributed by atoms with van der Waals surface area (Å²) in [5.74, 6) is 0. The first kappa shape index (κ1) is 33.9. The summed E-state index contributed by atoms with van der Waals surface area (Å²) in [6.07, 6.45) is 12.6. The van der Waals surface area contributed by atoms with E-state index in [0.717, 1.165) is 16.7 Å². The molecule has 4 aromatic rings. The van der Waals surface area contributed by atoms with Crippen molar-refractivity contribution in [3.8, 4) is 0 Å². The van der Waals surface area contributed by atoms with Crippen molar-refractivity contribution in [3.05, 3.63) is 161 Å². The molecule has 0 spiro atoms. The first-order chi connectivity index (χ1) is 21.3. The number of hydrogen-bond donors (Lipinski definition) is 0. The van der Waals surface area contributed by atoms with Crippen molar-refractivity contribution in [2.24, 2.45) is 0 Å². The fourth-order valence-corrected chi connectivity index (χ4v) is 11.2. The summed E-state index contributed by atoms with van der Waals surface area (Å²) in [6, 6.07) is 33.6. The average molecular weight is 637 g/mol. The molecule has 228 valence electrons. The Morgan fingerprint density at radius 3 is 0.756 bits per heavy atom. The Hall–Kier alpha value is -4.03. The highest BCUT2D eigenvalue weighted by atomic mass is 28.3. The third kappa shape index (κ3) is 9.01. The van der Waals surface area contributed by atoms with E-state index in [-0.39, 0.29) is 0 Å². The molecule has 0 N–H and O–H groups in total. The molecular weight excluding hydrogens is 589 g/mol. The van der Waals surface area contributed by atoms with Gasteiger partial charge in [-0.1, -0.05) is 219 Å². The maximum atomic E-state index is 3.89. The fourth-order valence-electron chi connectivity index (χ4n) is 5.18. The van der Waals surface area contributed by atoms with Crippen LogP contribution >= 0.6 is 0 Å². The van der Waals surface area contributed by atoms with Gasteiger partial charge in [0.15, 0.2) is 0 Å². The average Bonchev–Trinajstić information content (AvgIpc) is 3.06. The zero-order valence-electron chi connectivity index (χ0n) is 28.0. The van der Waals surface area contributed by atoms with Crippen LogP contribution in [0, 0.1) is 0 Å². The molecule has 0 fully saturated rings. The molecule has 4 rings (SSSR count). The van der Waals surface area contributed by atoms with Crippen LogP contribution in [0.1, 0.15) is 33.4 Å². The van der Waals surface area contributed by atoms with E-state index in [1.54, 1.807) is 0 Å². The first-order valence-electron chi connectivity index (χ1n) is 15.8. The molecule has 0 aliphatic rings. The molecule has 0 bridgehead atoms. The lowest BCUT2D eigenvalue weighted by Gasteiger charge is -2.29. The van der Waals surface area contributed by atoms with Crippen LogP contribution in [-0.4, -0.2) is 24.2 Å². The van der Waals surface area contributed by atoms with Crippen molar-refractivity contribution in [1.29, 1.82) is 0 Å². The Bertz CT molecular complexity index is 1510. The summed E-state index contributed by atoms with van der Waals surface area (Å²) in [5.41, 5.74) is 14.6. The van der Waals surface area contributed by atoms with Crippen molar-refractivity contribution in [2.75, 3.05) is 0 Å². The topological polar surface area (TPSA) is 0 Å². The summed E-state index contributed by atoms with van der Waals surface area (Å²) in [7, 11) is -5.77. The highest BCUT2D eigenvalue weighted by Gasteiger charge is 2.30. The molecule has 0 aromatic heterocycles. The zero-order valence-corrected chi connectivity index (χ0v) is 31.0. The van der Waals surface area contributed by atoms with Gasteiger partial charge in [0.2, 0.25) is 0 Å². The van der Waals surface area contributed by atoms with Gasteiger partial charge in [-0.05, 0) is 33.4 Å². The van der Waals surface area contributed by atoms with Gasteiger partial charge in [0.1, 0.15) is 24.2 Å². The standard InChI is InChI=1S/C42H48Si3/c1-10-34-13-19-37(20-14-34)25-28-43(4,5)40-31-41(44(6,7)29-26-38-21-15-35(11-2)16-22-38)33-42(32-40)45(8,9)30-27-39-23-17-36(12-3)18-24-39/h10-33H,1-3H2,4-9H3/b28-25+,29-26+,30-27+. The molecule has 4 aromatic carbocycles. The molecule has 0 atom stereocenters. The van der Waals surface area contributed by atoms with Gasteiger partial charge in [0.25, 0.3) is 0 Å². The van der Waals surface area contributed by atoms with Crippen molar-refractivity contribution in [1.82, 2.24) is 0 Å². The predicted molar refractivity (Wildman–Crippen MR) is 214 cm³/mol. The van der Waals surface area contributed by atoms with Crippen LogP contribution in [0.3, 0.4) is 0 Å². The van der Waals surface area contributed by atoms with Crippen LogP contribution in [0.4, 0.5) is 0 Å². The predicted octanol–water partition coefficient (Wildman–Crippen LogP) is 10.1. The molecule has 0 aliphatic carbocycles. The minimum Gasteiger partial charge on any atom is -0.0985 e. The Balaban J connectivity index is 1.76. The van der Waals surface area contributed by atoms with Crippen molar-refractivity contribution >= 4 is 76.2 Å². The molecule has 0 aliphatic heterocycles. The van der Waals surface area contributed by atoms with E-state index in [1.807, 2.05) is 18.2 Å². The van der Waals surface area contributed by atoms with Crippen LogP contribution < -0.4 is 15.6 Å². The van der Waals surface area contributed by atoms with Crippen molar-refractivity contribution in [3.63, 3.8) is 0 Å². The summed E-state index contributed by atoms with van der Waals surface area (Å²) in [5, 5.41) is 4.51. The fraction of sp³-hybridized carbons (Fsp3) is 0.143. The van der Waals surface area contributed by atoms with E-state index in [0.29, 0.717) is 0 Å². The van der Waals surface area contributed by atoms with Crippen LogP contribution in [0.25, 0.3) is 36.5 Å². The largest absolute Gasteiger partial charge is 0.104 e. The molecule has 0 saturated carbocycles. The summed E-state index contributed by atoms with van der Waals surface area (Å²) in [6.45, 7) is 26.5. The van der Waals surface area contributed by atoms with Crippen LogP contribution in [-0.2, 0) is 0 Å². The van der Waals surface area contributed by atoms with Gasteiger partial charge in [-0.15, -0.1) is 0 Å². The van der Waals surface area contributed by atoms with Crippen LogP contribution in [0.2, 0.25) is 39.3 Å². The molecule has 3 heteroatoms. The minimum atomic E-state index is -1.92. The number of hydrogen-bond acceptors (Lipinski definition) is 0. The minimum absolute atomic E-state index is 1.15. The second kappa shape index (κ2) is 14.4. The molecule has 0 radical (unpaired) electrons. The van der Waals surface area contributed by atoms with Crippen molar-refractivity contribution in [2.45, 2.75) is 39.3 Å². The molecule has 0 unspecified atom stereocenters. The van der Waals surface area contributed by atoms with E-state index >= 15 is 0 Å². The second-order valence-corrected chi connectivity index (χ2v) is 26.6. The second-order valence-electron chi connectivity index (χ2n) is 13.6. The summed E-state index contributed by atoms with van der Waals surface area (Å²) in [4.78, 5) is 0. The van der Waals surface area contributed by atoms with Gasteiger partial charge < -0.3 is 0 Å². The molecule has 0 heterocycles. The highest BCUT2D eigenvalue weighted by molar-refractivity contribution is 6.99. The Labute approximate surface area is 275 Å². The van der Waals surface area contributed by atoms with E-state index in [1.165, 1.54) is 32.3 Å². The zero-order chi connectivity index (χ0) is 32.7. The van der Waals surface area contributed by atoms with Crippen LogP contribution in [0.5, 0.6) is 0 Å². The van der Waals surface area contributed by atoms with Gasteiger partial charge in [0, 0.05) is 0 Å². The lowest BCUT2D eigenvalue weighted by Crippen LogP contribution is -2.53. The Morgan fingerprint density at radius 1 is 0.356 bits per heavy atom. The third-order valence-corrected chi connectivity index (χ3v) is 17.1. The first-order valence-corrected chi connectivity index (χ1v) is 25.0. The van der Waals surface area contributed by atoms with Gasteiger partial charge in [-0.25, -0.2) is 0 Å². The maximum Gasteiger partial charge on any atom is 0.104 e. The lowest BCUT2D eigenvalue weighted by atomic mass is 10.1. The van der Waals surface area contributed by atoms with Gasteiger partial charge in [-0.2, -0.15) is 0 Å². The molecule has 0 nitrogen and oxygen atoms in total.